The minimum absolute atomic E-state index is 0.122. The van der Waals surface area contributed by atoms with Gasteiger partial charge in [-0.2, -0.15) is 9.78 Å². The fourth-order valence-electron chi connectivity index (χ4n) is 7.26. The molecule has 1 heterocycles. The van der Waals surface area contributed by atoms with E-state index in [0.29, 0.717) is 17.5 Å². The first-order valence-electron chi connectivity index (χ1n) is 11.9. The number of nitrogens with zero attached hydrogens (tertiary/aromatic N) is 2. The van der Waals surface area contributed by atoms with Gasteiger partial charge in [-0.05, 0) is 98.9 Å². The van der Waals surface area contributed by atoms with Gasteiger partial charge in [0.15, 0.2) is 0 Å². The van der Waals surface area contributed by atoms with Crippen molar-refractivity contribution >= 4 is 22.4 Å². The van der Waals surface area contributed by atoms with Crippen molar-refractivity contribution in [3.8, 4) is 5.69 Å². The molecule has 1 amide bonds. The molecule has 0 radical (unpaired) electrons. The van der Waals surface area contributed by atoms with Gasteiger partial charge >= 0.3 is 0 Å². The van der Waals surface area contributed by atoms with Gasteiger partial charge in [0.25, 0.3) is 5.56 Å². The quantitative estimate of drug-likeness (QED) is 0.619. The molecular formula is C27H29N3O2. The first-order valence-corrected chi connectivity index (χ1v) is 11.9. The molecule has 32 heavy (non-hydrogen) atoms. The van der Waals surface area contributed by atoms with Gasteiger partial charge in [-0.25, -0.2) is 0 Å². The van der Waals surface area contributed by atoms with Crippen LogP contribution in [0.15, 0.2) is 53.3 Å². The van der Waals surface area contributed by atoms with Crippen LogP contribution in [0.4, 0.5) is 5.69 Å². The summed E-state index contributed by atoms with van der Waals surface area (Å²) in [4.78, 5) is 25.8. The normalized spacial score (nSPS) is 28.2. The van der Waals surface area contributed by atoms with Crippen molar-refractivity contribution in [2.24, 2.45) is 23.2 Å². The number of nitrogens with one attached hydrogen (secondary N) is 1. The van der Waals surface area contributed by atoms with Crippen LogP contribution < -0.4 is 10.9 Å². The number of aryl methyl sites for hydroxylation is 1. The summed E-state index contributed by atoms with van der Waals surface area (Å²) in [6.45, 7) is 1.91. The van der Waals surface area contributed by atoms with E-state index in [1.165, 1.54) is 43.2 Å². The highest BCUT2D eigenvalue weighted by atomic mass is 16.1. The molecule has 4 aliphatic rings. The monoisotopic (exact) mass is 427 g/mol. The predicted molar refractivity (Wildman–Crippen MR) is 126 cm³/mol. The number of fused-ring (bicyclic) bond motifs is 1. The van der Waals surface area contributed by atoms with Gasteiger partial charge in [-0.3, -0.25) is 9.59 Å². The zero-order valence-electron chi connectivity index (χ0n) is 18.5. The molecule has 164 valence electrons. The molecule has 0 atom stereocenters. The van der Waals surface area contributed by atoms with Crippen molar-refractivity contribution in [2.45, 2.75) is 51.9 Å². The van der Waals surface area contributed by atoms with Crippen LogP contribution in [-0.4, -0.2) is 15.7 Å². The largest absolute Gasteiger partial charge is 0.326 e. The van der Waals surface area contributed by atoms with E-state index >= 15 is 0 Å². The van der Waals surface area contributed by atoms with Crippen LogP contribution in [-0.2, 0) is 4.79 Å². The molecule has 3 aromatic rings. The zero-order valence-corrected chi connectivity index (χ0v) is 18.5. The molecule has 1 aromatic heterocycles. The topological polar surface area (TPSA) is 64.0 Å². The second-order valence-corrected chi connectivity index (χ2v) is 10.5. The van der Waals surface area contributed by atoms with Crippen LogP contribution in [0.5, 0.6) is 0 Å². The van der Waals surface area contributed by atoms with Gasteiger partial charge in [0.2, 0.25) is 5.91 Å². The van der Waals surface area contributed by atoms with E-state index in [1.54, 1.807) is 0 Å². The molecule has 2 aromatic carbocycles. The standard InChI is InChI=1S/C27H29N3O2/c1-17-23-4-2-3-5-24(23)26(32)30(29-17)22-8-6-21(7-9-22)28-25(31)16-27-13-18-10-19(14-27)12-20(11-18)15-27/h2-9,18-20H,10-16H2,1H3,(H,28,31). The maximum absolute atomic E-state index is 12.9. The summed E-state index contributed by atoms with van der Waals surface area (Å²) in [6.07, 6.45) is 8.53. The van der Waals surface area contributed by atoms with Gasteiger partial charge < -0.3 is 5.32 Å². The van der Waals surface area contributed by atoms with Gasteiger partial charge in [0.1, 0.15) is 0 Å². The second-order valence-electron chi connectivity index (χ2n) is 10.5. The van der Waals surface area contributed by atoms with E-state index < -0.39 is 0 Å². The number of hydrogen-bond acceptors (Lipinski definition) is 3. The molecule has 4 fully saturated rings. The third-order valence-corrected chi connectivity index (χ3v) is 8.09. The molecule has 7 rings (SSSR count). The summed E-state index contributed by atoms with van der Waals surface area (Å²) in [5, 5.41) is 9.14. The second kappa shape index (κ2) is 7.29. The Morgan fingerprint density at radius 1 is 0.969 bits per heavy atom. The molecule has 0 aliphatic heterocycles. The van der Waals surface area contributed by atoms with E-state index in [-0.39, 0.29) is 16.9 Å². The zero-order chi connectivity index (χ0) is 21.9. The maximum Gasteiger partial charge on any atom is 0.279 e. The van der Waals surface area contributed by atoms with Crippen molar-refractivity contribution < 1.29 is 4.79 Å². The van der Waals surface area contributed by atoms with Crippen molar-refractivity contribution in [2.75, 3.05) is 5.32 Å². The maximum atomic E-state index is 12.9. The number of anilines is 1. The van der Waals surface area contributed by atoms with E-state index in [2.05, 4.69) is 10.4 Å². The van der Waals surface area contributed by atoms with E-state index in [9.17, 15) is 9.59 Å². The lowest BCUT2D eigenvalue weighted by Crippen LogP contribution is -2.47. The van der Waals surface area contributed by atoms with Crippen LogP contribution in [0.1, 0.15) is 50.6 Å². The lowest BCUT2D eigenvalue weighted by atomic mass is 9.49. The molecule has 1 N–H and O–H groups in total. The summed E-state index contributed by atoms with van der Waals surface area (Å²) < 4.78 is 1.44. The summed E-state index contributed by atoms with van der Waals surface area (Å²) >= 11 is 0. The first kappa shape index (κ1) is 19.7. The van der Waals surface area contributed by atoms with Gasteiger partial charge in [-0.1, -0.05) is 18.2 Å². The molecule has 4 aliphatic carbocycles. The van der Waals surface area contributed by atoms with Crippen molar-refractivity contribution in [1.29, 1.82) is 0 Å². The highest BCUT2D eigenvalue weighted by molar-refractivity contribution is 5.91. The van der Waals surface area contributed by atoms with Crippen molar-refractivity contribution in [3.63, 3.8) is 0 Å². The lowest BCUT2D eigenvalue weighted by molar-refractivity contribution is -0.124. The molecule has 4 saturated carbocycles. The van der Waals surface area contributed by atoms with Crippen molar-refractivity contribution in [1.82, 2.24) is 9.78 Å². The van der Waals surface area contributed by atoms with Crippen LogP contribution in [0.25, 0.3) is 16.5 Å². The van der Waals surface area contributed by atoms with E-state index in [4.69, 9.17) is 0 Å². The Kier molecular flexibility index (Phi) is 4.49. The fourth-order valence-corrected chi connectivity index (χ4v) is 7.26. The predicted octanol–water partition coefficient (Wildman–Crippen LogP) is 5.24. The number of carbonyl (C=O) groups excluding carboxylic acids is 1. The fraction of sp³-hybridized carbons (Fsp3) is 0.444. The summed E-state index contributed by atoms with van der Waals surface area (Å²) in [5.74, 6) is 2.68. The number of aromatic nitrogens is 2. The number of amides is 1. The SMILES string of the molecule is Cc1nn(-c2ccc(NC(=O)CC34CC5CC(CC(C5)C3)C4)cc2)c(=O)c2ccccc12. The molecule has 0 unspecified atom stereocenters. The summed E-state index contributed by atoms with van der Waals surface area (Å²) in [5.41, 5.74) is 2.38. The minimum atomic E-state index is -0.134. The third-order valence-electron chi connectivity index (χ3n) is 8.09. The van der Waals surface area contributed by atoms with Crippen LogP contribution in [0, 0.1) is 30.1 Å². The molecule has 4 bridgehead atoms. The Balaban J connectivity index is 1.19. The molecular weight excluding hydrogens is 398 g/mol. The Morgan fingerprint density at radius 2 is 1.56 bits per heavy atom. The average Bonchev–Trinajstić information content (AvgIpc) is 2.75. The Morgan fingerprint density at radius 3 is 2.19 bits per heavy atom. The lowest BCUT2D eigenvalue weighted by Gasteiger charge is -2.56. The minimum Gasteiger partial charge on any atom is -0.326 e. The molecule has 5 heteroatoms. The molecule has 5 nitrogen and oxygen atoms in total. The number of rotatable bonds is 4. The van der Waals surface area contributed by atoms with Crippen LogP contribution in [0.2, 0.25) is 0 Å². The number of carbonyl (C=O) groups is 1. The number of hydrogen-bond donors (Lipinski definition) is 1. The van der Waals surface area contributed by atoms with Gasteiger partial charge in [0.05, 0.1) is 16.8 Å². The smallest absolute Gasteiger partial charge is 0.279 e. The van der Waals surface area contributed by atoms with E-state index in [1.807, 2.05) is 55.5 Å². The Hall–Kier alpha value is -2.95. The van der Waals surface area contributed by atoms with Gasteiger partial charge in [0, 0.05) is 17.5 Å². The first-order chi connectivity index (χ1) is 15.5. The van der Waals surface area contributed by atoms with Crippen molar-refractivity contribution in [3.05, 3.63) is 64.6 Å². The Bertz CT molecular complexity index is 1220. The summed E-state index contributed by atoms with van der Waals surface area (Å²) in [6, 6.07) is 15.0. The highest BCUT2D eigenvalue weighted by Crippen LogP contribution is 2.61. The molecule has 0 spiro atoms. The van der Waals surface area contributed by atoms with Gasteiger partial charge in [-0.15, -0.1) is 0 Å². The number of benzene rings is 2. The van der Waals surface area contributed by atoms with E-state index in [0.717, 1.165) is 34.5 Å². The summed E-state index contributed by atoms with van der Waals surface area (Å²) in [7, 11) is 0. The van der Waals surface area contributed by atoms with Crippen LogP contribution >= 0.6 is 0 Å². The average molecular weight is 428 g/mol. The Labute approximate surface area is 187 Å². The highest BCUT2D eigenvalue weighted by Gasteiger charge is 2.51. The third kappa shape index (κ3) is 3.35. The molecule has 0 saturated heterocycles. The van der Waals surface area contributed by atoms with Crippen LogP contribution in [0.3, 0.4) is 0 Å².